The lowest BCUT2D eigenvalue weighted by Crippen LogP contribution is -2.35. The van der Waals surface area contributed by atoms with Crippen molar-refractivity contribution in [1.29, 1.82) is 0 Å². The SMILES string of the molecule is CC(Oc1ccc2c(c1)OCO2)C(=O)Nc1ccc2c(c1)N(C)C(=O)CO2. The molecule has 2 heterocycles. The van der Waals surface area contributed by atoms with E-state index in [0.717, 1.165) is 0 Å². The summed E-state index contributed by atoms with van der Waals surface area (Å²) in [6.07, 6.45) is -0.739. The van der Waals surface area contributed by atoms with Gasteiger partial charge in [-0.1, -0.05) is 0 Å². The van der Waals surface area contributed by atoms with Gasteiger partial charge in [0.1, 0.15) is 11.5 Å². The van der Waals surface area contributed by atoms with E-state index >= 15 is 0 Å². The summed E-state index contributed by atoms with van der Waals surface area (Å²) in [5.74, 6) is 1.87. The smallest absolute Gasteiger partial charge is 0.265 e. The zero-order chi connectivity index (χ0) is 19.0. The topological polar surface area (TPSA) is 86.3 Å². The van der Waals surface area contributed by atoms with E-state index in [1.807, 2.05) is 0 Å². The molecule has 1 atom stereocenters. The number of nitrogens with one attached hydrogen (secondary N) is 1. The summed E-state index contributed by atoms with van der Waals surface area (Å²) < 4.78 is 21.6. The van der Waals surface area contributed by atoms with Gasteiger partial charge in [-0.15, -0.1) is 0 Å². The van der Waals surface area contributed by atoms with Crippen molar-refractivity contribution in [1.82, 2.24) is 0 Å². The van der Waals surface area contributed by atoms with Crippen LogP contribution < -0.4 is 29.2 Å². The molecular formula is C19H18N2O6. The van der Waals surface area contributed by atoms with Crippen molar-refractivity contribution in [2.75, 3.05) is 30.7 Å². The van der Waals surface area contributed by atoms with Crippen LogP contribution >= 0.6 is 0 Å². The van der Waals surface area contributed by atoms with Crippen LogP contribution in [-0.4, -0.2) is 38.4 Å². The number of amides is 2. The van der Waals surface area contributed by atoms with Crippen LogP contribution in [0, 0.1) is 0 Å². The molecule has 4 rings (SSSR count). The normalized spacial score (nSPS) is 15.6. The highest BCUT2D eigenvalue weighted by Gasteiger charge is 2.23. The van der Waals surface area contributed by atoms with Crippen LogP contribution in [0.3, 0.4) is 0 Å². The zero-order valence-corrected chi connectivity index (χ0v) is 14.9. The fourth-order valence-corrected chi connectivity index (χ4v) is 2.80. The molecule has 0 spiro atoms. The first-order valence-electron chi connectivity index (χ1n) is 8.42. The Bertz CT molecular complexity index is 913. The predicted molar refractivity (Wildman–Crippen MR) is 96.6 cm³/mol. The molecule has 0 saturated carbocycles. The number of hydrogen-bond acceptors (Lipinski definition) is 6. The first-order chi connectivity index (χ1) is 13.0. The van der Waals surface area contributed by atoms with Gasteiger partial charge in [-0.25, -0.2) is 0 Å². The van der Waals surface area contributed by atoms with Crippen molar-refractivity contribution < 1.29 is 28.5 Å². The fourth-order valence-electron chi connectivity index (χ4n) is 2.80. The molecule has 2 aromatic rings. The van der Waals surface area contributed by atoms with Crippen molar-refractivity contribution in [2.24, 2.45) is 0 Å². The molecular weight excluding hydrogens is 352 g/mol. The van der Waals surface area contributed by atoms with Gasteiger partial charge in [-0.2, -0.15) is 0 Å². The van der Waals surface area contributed by atoms with E-state index in [9.17, 15) is 9.59 Å². The molecule has 27 heavy (non-hydrogen) atoms. The van der Waals surface area contributed by atoms with E-state index in [1.165, 1.54) is 4.90 Å². The molecule has 0 bridgehead atoms. The van der Waals surface area contributed by atoms with Gasteiger partial charge in [0.2, 0.25) is 6.79 Å². The summed E-state index contributed by atoms with van der Waals surface area (Å²) in [6.45, 7) is 1.83. The summed E-state index contributed by atoms with van der Waals surface area (Å²) in [4.78, 5) is 25.7. The average molecular weight is 370 g/mol. The van der Waals surface area contributed by atoms with Gasteiger partial charge in [0.05, 0.1) is 5.69 Å². The summed E-state index contributed by atoms with van der Waals surface area (Å²) >= 11 is 0. The van der Waals surface area contributed by atoms with E-state index in [2.05, 4.69) is 5.32 Å². The number of rotatable bonds is 4. The number of likely N-dealkylation sites (N-methyl/N-ethyl adjacent to an activating group) is 1. The largest absolute Gasteiger partial charge is 0.482 e. The van der Waals surface area contributed by atoms with Crippen LogP contribution in [-0.2, 0) is 9.59 Å². The first kappa shape index (κ1) is 17.0. The number of benzene rings is 2. The van der Waals surface area contributed by atoms with Crippen LogP contribution in [0.1, 0.15) is 6.92 Å². The summed E-state index contributed by atoms with van der Waals surface area (Å²) in [5, 5.41) is 2.79. The molecule has 0 aromatic heterocycles. The van der Waals surface area contributed by atoms with Gasteiger partial charge >= 0.3 is 0 Å². The Hall–Kier alpha value is -3.42. The van der Waals surface area contributed by atoms with Gasteiger partial charge in [-0.05, 0) is 37.3 Å². The van der Waals surface area contributed by atoms with Gasteiger partial charge in [-0.3, -0.25) is 9.59 Å². The van der Waals surface area contributed by atoms with E-state index < -0.39 is 6.10 Å². The average Bonchev–Trinajstić information content (AvgIpc) is 3.13. The lowest BCUT2D eigenvalue weighted by atomic mass is 10.2. The van der Waals surface area contributed by atoms with E-state index in [1.54, 1.807) is 50.4 Å². The third-order valence-corrected chi connectivity index (χ3v) is 4.34. The number of hydrogen-bond donors (Lipinski definition) is 1. The van der Waals surface area contributed by atoms with Crippen LogP contribution in [0.25, 0.3) is 0 Å². The summed E-state index contributed by atoms with van der Waals surface area (Å²) in [5.41, 5.74) is 1.15. The minimum atomic E-state index is -0.739. The Morgan fingerprint density at radius 2 is 1.89 bits per heavy atom. The monoisotopic (exact) mass is 370 g/mol. The minimum Gasteiger partial charge on any atom is -0.482 e. The standard InChI is InChI=1S/C19H18N2O6/c1-11(27-13-4-6-16-17(8-13)26-10-25-16)19(23)20-12-3-5-15-14(7-12)21(2)18(22)9-24-15/h3-8,11H,9-10H2,1-2H3,(H,20,23). The molecule has 0 fully saturated rings. The Balaban J connectivity index is 1.43. The second-order valence-electron chi connectivity index (χ2n) is 6.19. The number of ether oxygens (including phenoxy) is 4. The van der Waals surface area contributed by atoms with Crippen molar-refractivity contribution in [3.8, 4) is 23.0 Å². The zero-order valence-electron chi connectivity index (χ0n) is 14.9. The number of carbonyl (C=O) groups is 2. The van der Waals surface area contributed by atoms with Crippen LogP contribution in [0.5, 0.6) is 23.0 Å². The van der Waals surface area contributed by atoms with E-state index in [-0.39, 0.29) is 25.2 Å². The maximum atomic E-state index is 12.5. The molecule has 1 unspecified atom stereocenters. The lowest BCUT2D eigenvalue weighted by molar-refractivity contribution is -0.122. The molecule has 8 nitrogen and oxygen atoms in total. The molecule has 0 radical (unpaired) electrons. The van der Waals surface area contributed by atoms with E-state index in [0.29, 0.717) is 34.4 Å². The fraction of sp³-hybridized carbons (Fsp3) is 0.263. The van der Waals surface area contributed by atoms with Crippen LogP contribution in [0.15, 0.2) is 36.4 Å². The molecule has 8 heteroatoms. The predicted octanol–water partition coefficient (Wildman–Crippen LogP) is 2.18. The van der Waals surface area contributed by atoms with Crippen molar-refractivity contribution >= 4 is 23.2 Å². The van der Waals surface area contributed by atoms with Crippen molar-refractivity contribution in [3.05, 3.63) is 36.4 Å². The van der Waals surface area contributed by atoms with E-state index in [4.69, 9.17) is 18.9 Å². The van der Waals surface area contributed by atoms with Gasteiger partial charge in [0.25, 0.3) is 11.8 Å². The number of fused-ring (bicyclic) bond motifs is 2. The lowest BCUT2D eigenvalue weighted by Gasteiger charge is -2.26. The minimum absolute atomic E-state index is 0.00954. The number of nitrogens with zero attached hydrogens (tertiary/aromatic N) is 1. The molecule has 0 saturated heterocycles. The number of anilines is 2. The highest BCUT2D eigenvalue weighted by molar-refractivity contribution is 5.99. The summed E-state index contributed by atoms with van der Waals surface area (Å²) in [6, 6.07) is 10.3. The highest BCUT2D eigenvalue weighted by Crippen LogP contribution is 2.36. The van der Waals surface area contributed by atoms with Gasteiger partial charge in [0.15, 0.2) is 24.2 Å². The summed E-state index contributed by atoms with van der Waals surface area (Å²) in [7, 11) is 1.67. The Morgan fingerprint density at radius 1 is 1.11 bits per heavy atom. The highest BCUT2D eigenvalue weighted by atomic mass is 16.7. The van der Waals surface area contributed by atoms with Crippen molar-refractivity contribution in [2.45, 2.75) is 13.0 Å². The Labute approximate surface area is 155 Å². The molecule has 140 valence electrons. The Morgan fingerprint density at radius 3 is 2.74 bits per heavy atom. The van der Waals surface area contributed by atoms with Crippen molar-refractivity contribution in [3.63, 3.8) is 0 Å². The second-order valence-corrected chi connectivity index (χ2v) is 6.19. The maximum Gasteiger partial charge on any atom is 0.265 e. The van der Waals surface area contributed by atoms with Gasteiger partial charge < -0.3 is 29.2 Å². The quantitative estimate of drug-likeness (QED) is 0.888. The molecule has 1 N–H and O–H groups in total. The molecule has 2 aromatic carbocycles. The molecule has 2 amide bonds. The molecule has 2 aliphatic rings. The second kappa shape index (κ2) is 6.71. The molecule has 2 aliphatic heterocycles. The first-order valence-corrected chi connectivity index (χ1v) is 8.42. The maximum absolute atomic E-state index is 12.5. The third-order valence-electron chi connectivity index (χ3n) is 4.34. The van der Waals surface area contributed by atoms with Crippen LogP contribution in [0.4, 0.5) is 11.4 Å². The molecule has 0 aliphatic carbocycles. The Kier molecular flexibility index (Phi) is 4.23. The van der Waals surface area contributed by atoms with Gasteiger partial charge in [0, 0.05) is 18.8 Å². The van der Waals surface area contributed by atoms with Crippen LogP contribution in [0.2, 0.25) is 0 Å². The number of carbonyl (C=O) groups excluding carboxylic acids is 2. The third kappa shape index (κ3) is 3.33.